The van der Waals surface area contributed by atoms with Gasteiger partial charge in [0.25, 0.3) is 0 Å². The Bertz CT molecular complexity index is 531. The molecule has 0 aliphatic carbocycles. The molecule has 1 nitrogen and oxygen atoms in total. The van der Waals surface area contributed by atoms with Crippen molar-refractivity contribution in [2.24, 2.45) is 0 Å². The minimum atomic E-state index is -4.38. The third kappa shape index (κ3) is 2.64. The van der Waals surface area contributed by atoms with Crippen LogP contribution in [0.25, 0.3) is 11.3 Å². The molecule has 0 saturated heterocycles. The first-order valence-electron chi connectivity index (χ1n) is 6.32. The van der Waals surface area contributed by atoms with Crippen LogP contribution in [0.15, 0.2) is 42.6 Å². The van der Waals surface area contributed by atoms with Crippen LogP contribution in [0, 0.1) is 6.85 Å². The number of rotatable bonds is 1. The normalized spacial score (nSPS) is 14.9. The largest absolute Gasteiger partial charge is 0.416 e. The van der Waals surface area contributed by atoms with Crippen molar-refractivity contribution >= 4 is 0 Å². The number of nitrogens with zero attached hydrogens (tertiary/aromatic N) is 1. The van der Waals surface area contributed by atoms with Crippen molar-refractivity contribution in [3.05, 3.63) is 53.7 Å². The fraction of sp³-hybridized carbons (Fsp3) is 0.154. The number of aromatic nitrogens is 1. The Kier molecular flexibility index (Phi) is 2.05. The molecule has 0 spiro atoms. The average Bonchev–Trinajstić information content (AvgIpc) is 2.37. The standard InChI is InChI=1S/C13H10F3N/c1-9-2-7-12(17-8-9)10-3-5-11(6-4-10)13(14,15)16/h2-8H,1H3/i1D3. The van der Waals surface area contributed by atoms with Crippen LogP contribution in [-0.4, -0.2) is 4.98 Å². The Balaban J connectivity index is 2.29. The fourth-order valence-electron chi connectivity index (χ4n) is 1.39. The van der Waals surface area contributed by atoms with Crippen LogP contribution in [0.1, 0.15) is 15.2 Å². The van der Waals surface area contributed by atoms with E-state index in [0.717, 1.165) is 12.1 Å². The fourth-order valence-corrected chi connectivity index (χ4v) is 1.39. The van der Waals surface area contributed by atoms with E-state index >= 15 is 0 Å². The van der Waals surface area contributed by atoms with Crippen LogP contribution in [0.3, 0.4) is 0 Å². The van der Waals surface area contributed by atoms with Gasteiger partial charge in [0.05, 0.1) is 11.3 Å². The number of hydrogen-bond donors (Lipinski definition) is 0. The van der Waals surface area contributed by atoms with E-state index in [-0.39, 0.29) is 5.56 Å². The van der Waals surface area contributed by atoms with Crippen molar-refractivity contribution in [2.45, 2.75) is 13.0 Å². The maximum atomic E-state index is 12.4. The van der Waals surface area contributed by atoms with Gasteiger partial charge in [0, 0.05) is 15.9 Å². The van der Waals surface area contributed by atoms with Crippen LogP contribution in [0.5, 0.6) is 0 Å². The second kappa shape index (κ2) is 4.20. The van der Waals surface area contributed by atoms with Gasteiger partial charge in [-0.3, -0.25) is 4.98 Å². The summed E-state index contributed by atoms with van der Waals surface area (Å²) in [6, 6.07) is 7.42. The molecule has 17 heavy (non-hydrogen) atoms. The molecule has 1 heterocycles. The second-order valence-corrected chi connectivity index (χ2v) is 3.51. The maximum absolute atomic E-state index is 12.4. The van der Waals surface area contributed by atoms with E-state index < -0.39 is 18.6 Å². The molecule has 1 aromatic carbocycles. The molecule has 2 rings (SSSR count). The molecule has 4 heteroatoms. The van der Waals surface area contributed by atoms with Gasteiger partial charge in [-0.25, -0.2) is 0 Å². The molecule has 0 unspecified atom stereocenters. The monoisotopic (exact) mass is 240 g/mol. The minimum Gasteiger partial charge on any atom is -0.256 e. The topological polar surface area (TPSA) is 12.9 Å². The quantitative estimate of drug-likeness (QED) is 0.732. The highest BCUT2D eigenvalue weighted by atomic mass is 19.4. The SMILES string of the molecule is [2H]C([2H])([2H])c1ccc(-c2ccc(C(F)(F)F)cc2)nc1. The molecule has 0 aliphatic rings. The van der Waals surface area contributed by atoms with Crippen molar-refractivity contribution in [3.8, 4) is 11.3 Å². The summed E-state index contributed by atoms with van der Waals surface area (Å²) in [5, 5.41) is 0. The maximum Gasteiger partial charge on any atom is 0.416 e. The van der Waals surface area contributed by atoms with E-state index in [2.05, 4.69) is 4.98 Å². The predicted molar refractivity (Wildman–Crippen MR) is 59.4 cm³/mol. The van der Waals surface area contributed by atoms with Crippen molar-refractivity contribution in [2.75, 3.05) is 0 Å². The van der Waals surface area contributed by atoms with Crippen molar-refractivity contribution < 1.29 is 17.3 Å². The predicted octanol–water partition coefficient (Wildman–Crippen LogP) is 4.08. The highest BCUT2D eigenvalue weighted by Crippen LogP contribution is 2.30. The summed E-state index contributed by atoms with van der Waals surface area (Å²) in [5.74, 6) is 0. The first-order valence-corrected chi connectivity index (χ1v) is 4.82. The first kappa shape index (κ1) is 8.28. The van der Waals surface area contributed by atoms with Crippen LogP contribution < -0.4 is 0 Å². The third-order valence-corrected chi connectivity index (χ3v) is 2.27. The highest BCUT2D eigenvalue weighted by molar-refractivity contribution is 5.59. The Labute approximate surface area is 101 Å². The van der Waals surface area contributed by atoms with Gasteiger partial charge in [0.2, 0.25) is 0 Å². The summed E-state index contributed by atoms with van der Waals surface area (Å²) in [4.78, 5) is 3.97. The molecule has 88 valence electrons. The summed E-state index contributed by atoms with van der Waals surface area (Å²) in [6.45, 7) is -2.24. The Hall–Kier alpha value is -1.84. The summed E-state index contributed by atoms with van der Waals surface area (Å²) < 4.78 is 58.9. The molecule has 0 N–H and O–H groups in total. The number of aryl methyl sites for hydroxylation is 1. The summed E-state index contributed by atoms with van der Waals surface area (Å²) in [5.41, 5.74) is 0.273. The Morgan fingerprint density at radius 3 is 2.24 bits per heavy atom. The Morgan fingerprint density at radius 2 is 1.76 bits per heavy atom. The molecule has 0 bridgehead atoms. The van der Waals surface area contributed by atoms with Gasteiger partial charge < -0.3 is 0 Å². The molecule has 0 atom stereocenters. The lowest BCUT2D eigenvalue weighted by Gasteiger charge is -2.07. The molecule has 0 radical (unpaired) electrons. The molecule has 0 aliphatic heterocycles. The lowest BCUT2D eigenvalue weighted by atomic mass is 10.1. The van der Waals surface area contributed by atoms with E-state index in [1.54, 1.807) is 0 Å². The third-order valence-electron chi connectivity index (χ3n) is 2.27. The molecular weight excluding hydrogens is 227 g/mol. The van der Waals surface area contributed by atoms with E-state index in [1.807, 2.05) is 0 Å². The number of pyridine rings is 1. The van der Waals surface area contributed by atoms with E-state index in [4.69, 9.17) is 4.11 Å². The van der Waals surface area contributed by atoms with Gasteiger partial charge in [0.15, 0.2) is 0 Å². The van der Waals surface area contributed by atoms with Crippen LogP contribution in [-0.2, 0) is 6.18 Å². The molecule has 0 fully saturated rings. The Morgan fingerprint density at radius 1 is 1.06 bits per heavy atom. The molecular formula is C13H10F3N. The number of alkyl halides is 3. The van der Waals surface area contributed by atoms with Crippen molar-refractivity contribution in [3.63, 3.8) is 0 Å². The average molecular weight is 240 g/mol. The van der Waals surface area contributed by atoms with Crippen LogP contribution >= 0.6 is 0 Å². The smallest absolute Gasteiger partial charge is 0.256 e. The van der Waals surface area contributed by atoms with E-state index in [9.17, 15) is 13.2 Å². The molecule has 0 amide bonds. The zero-order chi connectivity index (χ0) is 15.0. The van der Waals surface area contributed by atoms with Gasteiger partial charge in [-0.15, -0.1) is 0 Å². The molecule has 1 aromatic heterocycles. The number of benzene rings is 1. The second-order valence-electron chi connectivity index (χ2n) is 3.51. The van der Waals surface area contributed by atoms with E-state index in [0.29, 0.717) is 11.3 Å². The van der Waals surface area contributed by atoms with Gasteiger partial charge in [-0.2, -0.15) is 13.2 Å². The van der Waals surface area contributed by atoms with Crippen LogP contribution in [0.2, 0.25) is 0 Å². The number of hydrogen-bond acceptors (Lipinski definition) is 1. The zero-order valence-electron chi connectivity index (χ0n) is 11.6. The van der Waals surface area contributed by atoms with Gasteiger partial charge in [-0.1, -0.05) is 18.2 Å². The lowest BCUT2D eigenvalue weighted by Crippen LogP contribution is -2.04. The zero-order valence-corrected chi connectivity index (χ0v) is 8.62. The summed E-state index contributed by atoms with van der Waals surface area (Å²) in [6.07, 6.45) is -3.17. The minimum absolute atomic E-state index is 0.0909. The van der Waals surface area contributed by atoms with Gasteiger partial charge in [0.1, 0.15) is 0 Å². The first-order chi connectivity index (χ1) is 9.18. The van der Waals surface area contributed by atoms with Crippen LogP contribution in [0.4, 0.5) is 13.2 Å². The van der Waals surface area contributed by atoms with Gasteiger partial charge in [-0.05, 0) is 30.6 Å². The summed E-state index contributed by atoms with van der Waals surface area (Å²) in [7, 11) is 0. The van der Waals surface area contributed by atoms with Crippen molar-refractivity contribution in [1.29, 1.82) is 0 Å². The van der Waals surface area contributed by atoms with Gasteiger partial charge >= 0.3 is 6.18 Å². The highest BCUT2D eigenvalue weighted by Gasteiger charge is 2.29. The molecule has 2 aromatic rings. The lowest BCUT2D eigenvalue weighted by molar-refractivity contribution is -0.137. The number of halogens is 3. The van der Waals surface area contributed by atoms with E-state index in [1.165, 1.54) is 30.5 Å². The van der Waals surface area contributed by atoms with Crippen molar-refractivity contribution in [1.82, 2.24) is 4.98 Å². The summed E-state index contributed by atoms with van der Waals surface area (Å²) >= 11 is 0. The molecule has 0 saturated carbocycles.